The molecule has 2 amide bonds. The zero-order valence-electron chi connectivity index (χ0n) is 16.6. The van der Waals surface area contributed by atoms with Crippen LogP contribution in [0.2, 0.25) is 0 Å². The first kappa shape index (κ1) is 20.5. The van der Waals surface area contributed by atoms with Crippen LogP contribution in [0.1, 0.15) is 39.1 Å². The molecule has 0 aromatic heterocycles. The molecular weight excluding hydrogens is 370 g/mol. The second kappa shape index (κ2) is 9.34. The van der Waals surface area contributed by atoms with Crippen LogP contribution in [0.3, 0.4) is 0 Å². The Balaban J connectivity index is 1.46. The molecule has 0 bridgehead atoms. The molecule has 0 atom stereocenters. The lowest BCUT2D eigenvalue weighted by Gasteiger charge is -2.16. The van der Waals surface area contributed by atoms with Crippen LogP contribution in [0.4, 0.5) is 5.69 Å². The first-order valence-corrected chi connectivity index (χ1v) is 9.51. The van der Waals surface area contributed by atoms with Gasteiger partial charge in [0.05, 0.1) is 19.2 Å². The Kier molecular flexibility index (Phi) is 6.61. The highest BCUT2D eigenvalue weighted by Crippen LogP contribution is 2.19. The van der Waals surface area contributed by atoms with Crippen molar-refractivity contribution in [3.8, 4) is 0 Å². The van der Waals surface area contributed by atoms with Gasteiger partial charge in [0, 0.05) is 23.8 Å². The minimum Gasteiger partial charge on any atom is -0.465 e. The molecule has 0 heterocycles. The molecule has 0 aliphatic heterocycles. The minimum absolute atomic E-state index is 0.0370. The first-order valence-electron chi connectivity index (χ1n) is 9.51. The van der Waals surface area contributed by atoms with Crippen molar-refractivity contribution >= 4 is 23.5 Å². The standard InChI is InChI=1S/C22H25N3O4/c1-25(13-15-3-5-16(6-4-15)21(27)24-19-11-12-19)14-20(26)23-18-9-7-17(8-10-18)22(28)29-2/h3-10,19H,11-14H2,1-2H3,(H,23,26)(H,24,27). The van der Waals surface area contributed by atoms with Crippen LogP contribution < -0.4 is 10.6 Å². The van der Waals surface area contributed by atoms with Crippen molar-refractivity contribution in [1.29, 1.82) is 0 Å². The van der Waals surface area contributed by atoms with Crippen molar-refractivity contribution in [2.75, 3.05) is 26.0 Å². The zero-order valence-corrected chi connectivity index (χ0v) is 16.6. The fourth-order valence-corrected chi connectivity index (χ4v) is 2.88. The number of likely N-dealkylation sites (N-methyl/N-ethyl adjacent to an activating group) is 1. The molecule has 29 heavy (non-hydrogen) atoms. The maximum absolute atomic E-state index is 12.2. The molecule has 152 valence electrons. The number of ether oxygens (including phenoxy) is 1. The summed E-state index contributed by atoms with van der Waals surface area (Å²) in [6.45, 7) is 0.794. The topological polar surface area (TPSA) is 87.7 Å². The molecule has 2 aromatic rings. The summed E-state index contributed by atoms with van der Waals surface area (Å²) in [6, 6.07) is 14.3. The van der Waals surface area contributed by atoms with E-state index in [1.165, 1.54) is 7.11 Å². The largest absolute Gasteiger partial charge is 0.465 e. The fourth-order valence-electron chi connectivity index (χ4n) is 2.88. The highest BCUT2D eigenvalue weighted by atomic mass is 16.5. The van der Waals surface area contributed by atoms with Crippen LogP contribution in [0.25, 0.3) is 0 Å². The average Bonchev–Trinajstić information content (AvgIpc) is 3.52. The molecule has 1 saturated carbocycles. The van der Waals surface area contributed by atoms with Crippen molar-refractivity contribution in [3.63, 3.8) is 0 Å². The molecule has 7 heteroatoms. The Hall–Kier alpha value is -3.19. The monoisotopic (exact) mass is 395 g/mol. The number of hydrogen-bond acceptors (Lipinski definition) is 5. The Morgan fingerprint density at radius 2 is 1.62 bits per heavy atom. The smallest absolute Gasteiger partial charge is 0.337 e. The summed E-state index contributed by atoms with van der Waals surface area (Å²) in [7, 11) is 3.18. The summed E-state index contributed by atoms with van der Waals surface area (Å²) in [6.07, 6.45) is 2.12. The quantitative estimate of drug-likeness (QED) is 0.671. The Labute approximate surface area is 170 Å². The van der Waals surface area contributed by atoms with Gasteiger partial charge < -0.3 is 15.4 Å². The minimum atomic E-state index is -0.418. The van der Waals surface area contributed by atoms with Gasteiger partial charge in [-0.15, -0.1) is 0 Å². The van der Waals surface area contributed by atoms with E-state index in [1.807, 2.05) is 36.2 Å². The summed E-state index contributed by atoms with van der Waals surface area (Å²) >= 11 is 0. The van der Waals surface area contributed by atoms with Crippen LogP contribution >= 0.6 is 0 Å². The van der Waals surface area contributed by atoms with E-state index in [1.54, 1.807) is 24.3 Å². The maximum Gasteiger partial charge on any atom is 0.337 e. The van der Waals surface area contributed by atoms with Gasteiger partial charge in [-0.1, -0.05) is 12.1 Å². The third-order valence-electron chi connectivity index (χ3n) is 4.58. The number of benzene rings is 2. The van der Waals surface area contributed by atoms with Gasteiger partial charge in [0.25, 0.3) is 5.91 Å². The van der Waals surface area contributed by atoms with E-state index in [4.69, 9.17) is 0 Å². The van der Waals surface area contributed by atoms with Gasteiger partial charge in [-0.3, -0.25) is 14.5 Å². The molecule has 0 saturated heterocycles. The second-order valence-electron chi connectivity index (χ2n) is 7.23. The van der Waals surface area contributed by atoms with Crippen LogP contribution in [0.15, 0.2) is 48.5 Å². The molecule has 0 unspecified atom stereocenters. The van der Waals surface area contributed by atoms with Crippen LogP contribution in [0, 0.1) is 0 Å². The highest BCUT2D eigenvalue weighted by molar-refractivity contribution is 5.95. The van der Waals surface area contributed by atoms with Gasteiger partial charge in [-0.05, 0) is 61.9 Å². The molecule has 7 nitrogen and oxygen atoms in total. The molecular formula is C22H25N3O4. The number of esters is 1. The van der Waals surface area contributed by atoms with E-state index < -0.39 is 5.97 Å². The number of amides is 2. The van der Waals surface area contributed by atoms with Crippen molar-refractivity contribution in [2.24, 2.45) is 0 Å². The zero-order chi connectivity index (χ0) is 20.8. The number of methoxy groups -OCH3 is 1. The van der Waals surface area contributed by atoms with Crippen LogP contribution in [-0.2, 0) is 16.1 Å². The first-order chi connectivity index (χ1) is 13.9. The SMILES string of the molecule is COC(=O)c1ccc(NC(=O)CN(C)Cc2ccc(C(=O)NC3CC3)cc2)cc1. The Bertz CT molecular complexity index is 874. The normalized spacial score (nSPS) is 13.1. The van der Waals surface area contributed by atoms with Crippen molar-refractivity contribution < 1.29 is 19.1 Å². The second-order valence-corrected chi connectivity index (χ2v) is 7.23. The summed E-state index contributed by atoms with van der Waals surface area (Å²) in [5, 5.41) is 5.77. The molecule has 1 aliphatic carbocycles. The van der Waals surface area contributed by atoms with E-state index in [2.05, 4.69) is 15.4 Å². The van der Waals surface area contributed by atoms with Gasteiger partial charge in [-0.2, -0.15) is 0 Å². The lowest BCUT2D eigenvalue weighted by Crippen LogP contribution is -2.30. The lowest BCUT2D eigenvalue weighted by molar-refractivity contribution is -0.117. The number of rotatable bonds is 8. The number of anilines is 1. The number of nitrogens with zero attached hydrogens (tertiary/aromatic N) is 1. The number of carbonyl (C=O) groups excluding carboxylic acids is 3. The highest BCUT2D eigenvalue weighted by Gasteiger charge is 2.23. The van der Waals surface area contributed by atoms with Gasteiger partial charge >= 0.3 is 5.97 Å². The number of hydrogen-bond donors (Lipinski definition) is 2. The number of carbonyl (C=O) groups is 3. The van der Waals surface area contributed by atoms with E-state index in [0.717, 1.165) is 18.4 Å². The van der Waals surface area contributed by atoms with Crippen LogP contribution in [0.5, 0.6) is 0 Å². The molecule has 3 rings (SSSR count). The molecule has 0 radical (unpaired) electrons. The summed E-state index contributed by atoms with van der Waals surface area (Å²) in [5.41, 5.74) is 2.71. The van der Waals surface area contributed by atoms with Crippen molar-refractivity contribution in [2.45, 2.75) is 25.4 Å². The summed E-state index contributed by atoms with van der Waals surface area (Å²) < 4.78 is 4.65. The van der Waals surface area contributed by atoms with Gasteiger partial charge in [0.1, 0.15) is 0 Å². The van der Waals surface area contributed by atoms with Gasteiger partial charge in [0.2, 0.25) is 5.91 Å². The Morgan fingerprint density at radius 1 is 1.00 bits per heavy atom. The molecule has 2 N–H and O–H groups in total. The average molecular weight is 395 g/mol. The lowest BCUT2D eigenvalue weighted by atomic mass is 10.1. The van der Waals surface area contributed by atoms with E-state index >= 15 is 0 Å². The third-order valence-corrected chi connectivity index (χ3v) is 4.58. The van der Waals surface area contributed by atoms with Crippen LogP contribution in [-0.4, -0.2) is 49.4 Å². The predicted molar refractivity (Wildman–Crippen MR) is 110 cm³/mol. The third kappa shape index (κ3) is 6.15. The Morgan fingerprint density at radius 3 is 2.21 bits per heavy atom. The summed E-state index contributed by atoms with van der Waals surface area (Å²) in [4.78, 5) is 37.6. The van der Waals surface area contributed by atoms with Gasteiger partial charge in [-0.25, -0.2) is 4.79 Å². The van der Waals surface area contributed by atoms with Gasteiger partial charge in [0.15, 0.2) is 0 Å². The van der Waals surface area contributed by atoms with E-state index in [-0.39, 0.29) is 18.4 Å². The molecule has 1 fully saturated rings. The predicted octanol–water partition coefficient (Wildman–Crippen LogP) is 2.44. The maximum atomic E-state index is 12.2. The molecule has 0 spiro atoms. The molecule has 2 aromatic carbocycles. The summed E-state index contributed by atoms with van der Waals surface area (Å²) in [5.74, 6) is -0.609. The van der Waals surface area contributed by atoms with Crippen molar-refractivity contribution in [3.05, 3.63) is 65.2 Å². The molecule has 1 aliphatic rings. The van der Waals surface area contributed by atoms with E-state index in [9.17, 15) is 14.4 Å². The van der Waals surface area contributed by atoms with Crippen molar-refractivity contribution in [1.82, 2.24) is 10.2 Å². The number of nitrogens with one attached hydrogen (secondary N) is 2. The van der Waals surface area contributed by atoms with E-state index in [0.29, 0.717) is 29.4 Å². The fraction of sp³-hybridized carbons (Fsp3) is 0.318.